The van der Waals surface area contributed by atoms with Crippen molar-refractivity contribution in [2.24, 2.45) is 0 Å². The van der Waals surface area contributed by atoms with Crippen LogP contribution in [0.1, 0.15) is 45.7 Å². The lowest BCUT2D eigenvalue weighted by Crippen LogP contribution is -2.19. The zero-order valence-corrected chi connectivity index (χ0v) is 13.6. The second kappa shape index (κ2) is 8.49. The van der Waals surface area contributed by atoms with E-state index in [0.29, 0.717) is 6.04 Å². The predicted octanol–water partition coefficient (Wildman–Crippen LogP) is 4.27. The Labute approximate surface area is 122 Å². The molecule has 0 spiro atoms. The summed E-state index contributed by atoms with van der Waals surface area (Å²) in [5, 5.41) is 4.12. The van der Waals surface area contributed by atoms with E-state index in [-0.39, 0.29) is 6.10 Å². The minimum Gasteiger partial charge on any atom is -0.491 e. The summed E-state index contributed by atoms with van der Waals surface area (Å²) >= 11 is 2.03. The molecule has 19 heavy (non-hydrogen) atoms. The Kier molecular flexibility index (Phi) is 7.32. The molecule has 2 nitrogen and oxygen atoms in total. The molecule has 1 rings (SSSR count). The highest BCUT2D eigenvalue weighted by atomic mass is 32.2. The number of hydrogen-bond acceptors (Lipinski definition) is 3. The number of thioether (sulfide) groups is 1. The van der Waals surface area contributed by atoms with Gasteiger partial charge in [0.05, 0.1) is 6.10 Å². The zero-order chi connectivity index (χ0) is 14.3. The average Bonchev–Trinajstić information content (AvgIpc) is 2.40. The van der Waals surface area contributed by atoms with Crippen molar-refractivity contribution in [3.05, 3.63) is 29.8 Å². The molecule has 0 aliphatic rings. The second-order valence-corrected chi connectivity index (χ2v) is 6.60. The molecule has 0 aliphatic heterocycles. The average molecular weight is 281 g/mol. The Morgan fingerprint density at radius 2 is 1.79 bits per heavy atom. The van der Waals surface area contributed by atoms with Crippen LogP contribution < -0.4 is 10.1 Å². The fraction of sp³-hybridized carbons (Fsp3) is 0.625. The van der Waals surface area contributed by atoms with Crippen molar-refractivity contribution in [2.45, 2.75) is 51.5 Å². The molecule has 0 saturated heterocycles. The molecule has 0 fully saturated rings. The van der Waals surface area contributed by atoms with Gasteiger partial charge in [0.15, 0.2) is 0 Å². The fourth-order valence-electron chi connectivity index (χ4n) is 1.78. The normalized spacial score (nSPS) is 14.4. The van der Waals surface area contributed by atoms with Gasteiger partial charge in [-0.2, -0.15) is 11.8 Å². The van der Waals surface area contributed by atoms with E-state index >= 15 is 0 Å². The maximum absolute atomic E-state index is 5.67. The molecule has 108 valence electrons. The van der Waals surface area contributed by atoms with Crippen molar-refractivity contribution in [1.29, 1.82) is 0 Å². The van der Waals surface area contributed by atoms with E-state index in [0.717, 1.165) is 16.8 Å². The van der Waals surface area contributed by atoms with Crippen LogP contribution in [-0.4, -0.2) is 24.2 Å². The van der Waals surface area contributed by atoms with Gasteiger partial charge in [-0.05, 0) is 45.0 Å². The van der Waals surface area contributed by atoms with Gasteiger partial charge < -0.3 is 10.1 Å². The minimum absolute atomic E-state index is 0.229. The third kappa shape index (κ3) is 5.87. The molecule has 1 aromatic rings. The van der Waals surface area contributed by atoms with E-state index in [1.807, 2.05) is 32.7 Å². The van der Waals surface area contributed by atoms with Crippen LogP contribution in [0.15, 0.2) is 24.3 Å². The highest BCUT2D eigenvalue weighted by Gasteiger charge is 2.11. The van der Waals surface area contributed by atoms with Crippen LogP contribution in [0.5, 0.6) is 5.75 Å². The van der Waals surface area contributed by atoms with E-state index in [2.05, 4.69) is 43.4 Å². The molecular weight excluding hydrogens is 254 g/mol. The molecule has 1 aromatic carbocycles. The summed E-state index contributed by atoms with van der Waals surface area (Å²) in [6, 6.07) is 8.86. The lowest BCUT2D eigenvalue weighted by Gasteiger charge is -2.19. The largest absolute Gasteiger partial charge is 0.491 e. The van der Waals surface area contributed by atoms with Gasteiger partial charge in [-0.3, -0.25) is 0 Å². The summed E-state index contributed by atoms with van der Waals surface area (Å²) < 4.78 is 5.67. The molecule has 0 amide bonds. The SMILES string of the molecule is CCC(C)SCC(NC)c1ccc(OC(C)C)cc1. The van der Waals surface area contributed by atoms with Crippen molar-refractivity contribution >= 4 is 11.8 Å². The Balaban J connectivity index is 2.60. The fourth-order valence-corrected chi connectivity index (χ4v) is 2.89. The zero-order valence-electron chi connectivity index (χ0n) is 12.8. The number of rotatable bonds is 8. The molecular formula is C16H27NOS. The standard InChI is InChI=1S/C16H27NOS/c1-6-13(4)19-11-16(17-5)14-7-9-15(10-8-14)18-12(2)3/h7-10,12-13,16-17H,6,11H2,1-5H3. The first-order valence-electron chi connectivity index (χ1n) is 7.12. The summed E-state index contributed by atoms with van der Waals surface area (Å²) in [4.78, 5) is 0. The van der Waals surface area contributed by atoms with Crippen LogP contribution in [0.4, 0.5) is 0 Å². The maximum atomic E-state index is 5.67. The minimum atomic E-state index is 0.229. The topological polar surface area (TPSA) is 21.3 Å². The number of benzene rings is 1. The number of hydrogen-bond donors (Lipinski definition) is 1. The Morgan fingerprint density at radius 3 is 2.26 bits per heavy atom. The molecule has 2 atom stereocenters. The van der Waals surface area contributed by atoms with E-state index in [1.165, 1.54) is 12.0 Å². The Morgan fingerprint density at radius 1 is 1.16 bits per heavy atom. The number of nitrogens with one attached hydrogen (secondary N) is 1. The smallest absolute Gasteiger partial charge is 0.119 e. The summed E-state index contributed by atoms with van der Waals surface area (Å²) in [6.45, 7) is 8.63. The monoisotopic (exact) mass is 281 g/mol. The van der Waals surface area contributed by atoms with E-state index in [4.69, 9.17) is 4.74 Å². The third-order valence-electron chi connectivity index (χ3n) is 3.13. The Bertz CT molecular complexity index is 350. The van der Waals surface area contributed by atoms with Crippen molar-refractivity contribution in [3.8, 4) is 5.75 Å². The highest BCUT2D eigenvalue weighted by Crippen LogP contribution is 2.24. The molecule has 3 heteroatoms. The van der Waals surface area contributed by atoms with Crippen LogP contribution in [0, 0.1) is 0 Å². The van der Waals surface area contributed by atoms with Crippen molar-refractivity contribution in [3.63, 3.8) is 0 Å². The van der Waals surface area contributed by atoms with Crippen LogP contribution >= 0.6 is 11.8 Å². The summed E-state index contributed by atoms with van der Waals surface area (Å²) in [5.74, 6) is 2.05. The van der Waals surface area contributed by atoms with Gasteiger partial charge in [-0.1, -0.05) is 26.0 Å². The quantitative estimate of drug-likeness (QED) is 0.769. The van der Waals surface area contributed by atoms with Gasteiger partial charge in [0.1, 0.15) is 5.75 Å². The van der Waals surface area contributed by atoms with Crippen molar-refractivity contribution in [1.82, 2.24) is 5.32 Å². The van der Waals surface area contributed by atoms with E-state index in [9.17, 15) is 0 Å². The molecule has 0 aromatic heterocycles. The lowest BCUT2D eigenvalue weighted by atomic mass is 10.1. The van der Waals surface area contributed by atoms with E-state index in [1.54, 1.807) is 0 Å². The van der Waals surface area contributed by atoms with Crippen LogP contribution in [0.3, 0.4) is 0 Å². The van der Waals surface area contributed by atoms with Gasteiger partial charge >= 0.3 is 0 Å². The molecule has 0 saturated carbocycles. The van der Waals surface area contributed by atoms with Gasteiger partial charge in [0.25, 0.3) is 0 Å². The maximum Gasteiger partial charge on any atom is 0.119 e. The van der Waals surface area contributed by atoms with Gasteiger partial charge in [0.2, 0.25) is 0 Å². The first-order valence-corrected chi connectivity index (χ1v) is 8.17. The summed E-state index contributed by atoms with van der Waals surface area (Å²) in [6.07, 6.45) is 1.45. The van der Waals surface area contributed by atoms with Gasteiger partial charge in [-0.25, -0.2) is 0 Å². The lowest BCUT2D eigenvalue weighted by molar-refractivity contribution is 0.242. The van der Waals surface area contributed by atoms with Gasteiger partial charge in [-0.15, -0.1) is 0 Å². The molecule has 0 bridgehead atoms. The summed E-state index contributed by atoms with van der Waals surface area (Å²) in [5.41, 5.74) is 1.33. The van der Waals surface area contributed by atoms with Crippen molar-refractivity contribution in [2.75, 3.05) is 12.8 Å². The molecule has 1 N–H and O–H groups in total. The first kappa shape index (κ1) is 16.4. The molecule has 2 unspecified atom stereocenters. The third-order valence-corrected chi connectivity index (χ3v) is 4.55. The number of ether oxygens (including phenoxy) is 1. The highest BCUT2D eigenvalue weighted by molar-refractivity contribution is 7.99. The molecule has 0 aliphatic carbocycles. The Hall–Kier alpha value is -0.670. The van der Waals surface area contributed by atoms with E-state index < -0.39 is 0 Å². The van der Waals surface area contributed by atoms with Crippen LogP contribution in [0.2, 0.25) is 0 Å². The van der Waals surface area contributed by atoms with Crippen LogP contribution in [-0.2, 0) is 0 Å². The van der Waals surface area contributed by atoms with Crippen molar-refractivity contribution < 1.29 is 4.74 Å². The van der Waals surface area contributed by atoms with Gasteiger partial charge in [0, 0.05) is 17.0 Å². The van der Waals surface area contributed by atoms with Crippen LogP contribution in [0.25, 0.3) is 0 Å². The second-order valence-electron chi connectivity index (χ2n) is 5.13. The molecule has 0 heterocycles. The predicted molar refractivity (Wildman–Crippen MR) is 86.2 cm³/mol. The first-order chi connectivity index (χ1) is 9.06. The summed E-state index contributed by atoms with van der Waals surface area (Å²) in [7, 11) is 2.03. The molecule has 0 radical (unpaired) electrons.